The first-order valence-electron chi connectivity index (χ1n) is 6.97. The molecule has 0 radical (unpaired) electrons. The standard InChI is InChI=1S/C14H19N3S2/c1-2-3-8-19-14-16-15-13(17(14)11-6-7-11)10-12-5-4-9-18-12/h4-5,9,11H,2-3,6-8,10H2,1H3. The van der Waals surface area contributed by atoms with Crippen molar-refractivity contribution in [3.63, 3.8) is 0 Å². The number of thioether (sulfide) groups is 1. The molecule has 5 heteroatoms. The first-order chi connectivity index (χ1) is 9.38. The van der Waals surface area contributed by atoms with Crippen molar-refractivity contribution in [2.24, 2.45) is 0 Å². The second-order valence-electron chi connectivity index (χ2n) is 4.96. The predicted octanol–water partition coefficient (Wildman–Crippen LogP) is 4.16. The average molecular weight is 293 g/mol. The molecule has 0 amide bonds. The van der Waals surface area contributed by atoms with Gasteiger partial charge in [-0.05, 0) is 30.7 Å². The largest absolute Gasteiger partial charge is 0.303 e. The zero-order chi connectivity index (χ0) is 13.1. The molecule has 102 valence electrons. The minimum Gasteiger partial charge on any atom is -0.303 e. The van der Waals surface area contributed by atoms with E-state index in [-0.39, 0.29) is 0 Å². The van der Waals surface area contributed by atoms with E-state index in [4.69, 9.17) is 0 Å². The second-order valence-corrected chi connectivity index (χ2v) is 7.05. The van der Waals surface area contributed by atoms with Crippen LogP contribution in [-0.2, 0) is 6.42 Å². The molecule has 0 spiro atoms. The third-order valence-electron chi connectivity index (χ3n) is 3.29. The summed E-state index contributed by atoms with van der Waals surface area (Å²) in [7, 11) is 0. The van der Waals surface area contributed by atoms with Gasteiger partial charge in [0, 0.05) is 23.1 Å². The van der Waals surface area contributed by atoms with Gasteiger partial charge in [-0.2, -0.15) is 0 Å². The first-order valence-corrected chi connectivity index (χ1v) is 8.84. The third-order valence-corrected chi connectivity index (χ3v) is 5.19. The van der Waals surface area contributed by atoms with E-state index in [1.807, 2.05) is 11.8 Å². The fourth-order valence-electron chi connectivity index (χ4n) is 2.10. The van der Waals surface area contributed by atoms with Crippen LogP contribution in [-0.4, -0.2) is 20.5 Å². The van der Waals surface area contributed by atoms with Crippen molar-refractivity contribution in [1.29, 1.82) is 0 Å². The van der Waals surface area contributed by atoms with Crippen LogP contribution in [0.15, 0.2) is 22.7 Å². The van der Waals surface area contributed by atoms with Crippen molar-refractivity contribution in [3.05, 3.63) is 28.2 Å². The van der Waals surface area contributed by atoms with Crippen LogP contribution in [0.3, 0.4) is 0 Å². The molecular formula is C14H19N3S2. The van der Waals surface area contributed by atoms with Gasteiger partial charge < -0.3 is 4.57 Å². The van der Waals surface area contributed by atoms with E-state index in [1.54, 1.807) is 11.3 Å². The third kappa shape index (κ3) is 3.20. The summed E-state index contributed by atoms with van der Waals surface area (Å²) in [6, 6.07) is 4.95. The molecule has 0 saturated heterocycles. The van der Waals surface area contributed by atoms with Crippen LogP contribution in [0.5, 0.6) is 0 Å². The van der Waals surface area contributed by atoms with Gasteiger partial charge in [0.1, 0.15) is 5.82 Å². The highest BCUT2D eigenvalue weighted by molar-refractivity contribution is 7.99. The summed E-state index contributed by atoms with van der Waals surface area (Å²) in [5.41, 5.74) is 0. The Morgan fingerprint density at radius 2 is 2.32 bits per heavy atom. The number of thiophene rings is 1. The summed E-state index contributed by atoms with van der Waals surface area (Å²) in [5.74, 6) is 2.30. The summed E-state index contributed by atoms with van der Waals surface area (Å²) in [4.78, 5) is 1.37. The number of rotatable bonds is 7. The zero-order valence-corrected chi connectivity index (χ0v) is 12.8. The number of hydrogen-bond acceptors (Lipinski definition) is 4. The highest BCUT2D eigenvalue weighted by Crippen LogP contribution is 2.39. The Labute approximate surface area is 122 Å². The maximum Gasteiger partial charge on any atom is 0.191 e. The van der Waals surface area contributed by atoms with Crippen molar-refractivity contribution >= 4 is 23.1 Å². The number of aromatic nitrogens is 3. The van der Waals surface area contributed by atoms with Gasteiger partial charge in [0.05, 0.1) is 0 Å². The molecule has 0 aromatic carbocycles. The molecule has 2 heterocycles. The topological polar surface area (TPSA) is 30.7 Å². The Bertz CT molecular complexity index is 515. The van der Waals surface area contributed by atoms with Gasteiger partial charge in [0.15, 0.2) is 5.16 Å². The fraction of sp³-hybridized carbons (Fsp3) is 0.571. The van der Waals surface area contributed by atoms with E-state index in [0.717, 1.165) is 23.2 Å². The minimum atomic E-state index is 0.661. The van der Waals surface area contributed by atoms with Gasteiger partial charge in [-0.25, -0.2) is 0 Å². The molecule has 1 aliphatic rings. The quantitative estimate of drug-likeness (QED) is 0.567. The van der Waals surface area contributed by atoms with Gasteiger partial charge in [-0.15, -0.1) is 21.5 Å². The normalized spacial score (nSPS) is 15.0. The fourth-order valence-corrected chi connectivity index (χ4v) is 3.91. The summed E-state index contributed by atoms with van der Waals surface area (Å²) in [5, 5.41) is 12.1. The lowest BCUT2D eigenvalue weighted by atomic mass is 10.3. The summed E-state index contributed by atoms with van der Waals surface area (Å²) in [6.45, 7) is 2.23. The SMILES string of the molecule is CCCCSc1nnc(Cc2cccs2)n1C1CC1. The summed E-state index contributed by atoms with van der Waals surface area (Å²) in [6.07, 6.45) is 6.00. The van der Waals surface area contributed by atoms with Gasteiger partial charge in [-0.3, -0.25) is 0 Å². The molecule has 19 heavy (non-hydrogen) atoms. The van der Waals surface area contributed by atoms with E-state index in [1.165, 1.54) is 30.6 Å². The molecule has 0 bridgehead atoms. The molecule has 3 rings (SSSR count). The monoisotopic (exact) mass is 293 g/mol. The highest BCUT2D eigenvalue weighted by Gasteiger charge is 2.29. The predicted molar refractivity (Wildman–Crippen MR) is 81.1 cm³/mol. The number of nitrogens with zero attached hydrogens (tertiary/aromatic N) is 3. The van der Waals surface area contributed by atoms with E-state index >= 15 is 0 Å². The van der Waals surface area contributed by atoms with Crippen molar-refractivity contribution in [3.8, 4) is 0 Å². The highest BCUT2D eigenvalue weighted by atomic mass is 32.2. The van der Waals surface area contributed by atoms with Gasteiger partial charge in [0.2, 0.25) is 0 Å². The van der Waals surface area contributed by atoms with E-state index in [0.29, 0.717) is 6.04 Å². The summed E-state index contributed by atoms with van der Waals surface area (Å²) >= 11 is 3.67. The maximum atomic E-state index is 4.43. The molecule has 0 atom stereocenters. The second kappa shape index (κ2) is 6.09. The molecular weight excluding hydrogens is 274 g/mol. The van der Waals surface area contributed by atoms with Crippen LogP contribution in [0.2, 0.25) is 0 Å². The lowest BCUT2D eigenvalue weighted by Crippen LogP contribution is -2.03. The van der Waals surface area contributed by atoms with E-state index in [9.17, 15) is 0 Å². The lowest BCUT2D eigenvalue weighted by Gasteiger charge is -2.07. The molecule has 3 nitrogen and oxygen atoms in total. The van der Waals surface area contributed by atoms with Crippen molar-refractivity contribution in [1.82, 2.24) is 14.8 Å². The Balaban J connectivity index is 1.76. The van der Waals surface area contributed by atoms with Gasteiger partial charge >= 0.3 is 0 Å². The maximum absolute atomic E-state index is 4.43. The Morgan fingerprint density at radius 3 is 3.00 bits per heavy atom. The Morgan fingerprint density at radius 1 is 1.42 bits per heavy atom. The van der Waals surface area contributed by atoms with Crippen molar-refractivity contribution in [2.75, 3.05) is 5.75 Å². The van der Waals surface area contributed by atoms with Crippen LogP contribution in [0.4, 0.5) is 0 Å². The van der Waals surface area contributed by atoms with Gasteiger partial charge in [-0.1, -0.05) is 31.2 Å². The van der Waals surface area contributed by atoms with Crippen LogP contribution in [0.1, 0.15) is 49.4 Å². The lowest BCUT2D eigenvalue weighted by molar-refractivity contribution is 0.634. The minimum absolute atomic E-state index is 0.661. The molecule has 1 fully saturated rings. The summed E-state index contributed by atoms with van der Waals surface area (Å²) < 4.78 is 2.39. The molecule has 1 saturated carbocycles. The molecule has 1 aliphatic carbocycles. The van der Waals surface area contributed by atoms with E-state index in [2.05, 4.69) is 39.2 Å². The van der Waals surface area contributed by atoms with Crippen molar-refractivity contribution in [2.45, 2.75) is 50.2 Å². The van der Waals surface area contributed by atoms with E-state index < -0.39 is 0 Å². The Kier molecular flexibility index (Phi) is 4.23. The smallest absolute Gasteiger partial charge is 0.191 e. The average Bonchev–Trinajstić information content (AvgIpc) is 2.97. The Hall–Kier alpha value is -0.810. The number of unbranched alkanes of at least 4 members (excludes halogenated alkanes) is 1. The molecule has 2 aromatic heterocycles. The molecule has 0 N–H and O–H groups in total. The van der Waals surface area contributed by atoms with Crippen molar-refractivity contribution < 1.29 is 0 Å². The van der Waals surface area contributed by atoms with Crippen LogP contribution in [0, 0.1) is 0 Å². The number of hydrogen-bond donors (Lipinski definition) is 0. The zero-order valence-electron chi connectivity index (χ0n) is 11.2. The van der Waals surface area contributed by atoms with Crippen LogP contribution < -0.4 is 0 Å². The van der Waals surface area contributed by atoms with Gasteiger partial charge in [0.25, 0.3) is 0 Å². The molecule has 0 unspecified atom stereocenters. The van der Waals surface area contributed by atoms with Crippen LogP contribution >= 0.6 is 23.1 Å². The molecule has 2 aromatic rings. The van der Waals surface area contributed by atoms with Crippen LogP contribution in [0.25, 0.3) is 0 Å². The first kappa shape index (κ1) is 13.2. The molecule has 0 aliphatic heterocycles.